The highest BCUT2D eigenvalue weighted by atomic mass is 16.5. The molecule has 5 rings (SSSR count). The lowest BCUT2D eigenvalue weighted by atomic mass is 10.0. The molecule has 0 amide bonds. The molecule has 2 aromatic heterocycles. The zero-order valence-corrected chi connectivity index (χ0v) is 18.3. The molecule has 162 valence electrons. The number of carbonyl (C=O) groups excluding carboxylic acids is 1. The predicted molar refractivity (Wildman–Crippen MR) is 124 cm³/mol. The van der Waals surface area contributed by atoms with Gasteiger partial charge in [-0.25, -0.2) is 4.98 Å². The number of nitrogens with zero attached hydrogens (tertiary/aromatic N) is 5. The van der Waals surface area contributed by atoms with Crippen LogP contribution in [0.5, 0.6) is 11.6 Å². The van der Waals surface area contributed by atoms with Crippen molar-refractivity contribution in [3.05, 3.63) is 95.4 Å². The number of aryl methyl sites for hydroxylation is 1. The topological polar surface area (TPSA) is 89.7 Å². The van der Waals surface area contributed by atoms with Gasteiger partial charge in [0.25, 0.3) is 5.88 Å². The van der Waals surface area contributed by atoms with E-state index in [9.17, 15) is 4.79 Å². The lowest BCUT2D eigenvalue weighted by Gasteiger charge is -2.11. The Morgan fingerprint density at radius 3 is 2.73 bits per heavy atom. The van der Waals surface area contributed by atoms with E-state index in [2.05, 4.69) is 25.2 Å². The number of aromatic nitrogens is 3. The largest absolute Gasteiger partial charge is 0.437 e. The fourth-order valence-corrected chi connectivity index (χ4v) is 3.67. The van der Waals surface area contributed by atoms with Crippen LogP contribution in [-0.4, -0.2) is 20.7 Å². The number of fused-ring (bicyclic) bond motifs is 1. The van der Waals surface area contributed by atoms with E-state index in [1.54, 1.807) is 12.4 Å². The van der Waals surface area contributed by atoms with Crippen LogP contribution in [0.2, 0.25) is 0 Å². The third-order valence-corrected chi connectivity index (χ3v) is 5.34. The van der Waals surface area contributed by atoms with Gasteiger partial charge in [-0.1, -0.05) is 35.9 Å². The molecule has 4 aromatic rings. The zero-order chi connectivity index (χ0) is 22.8. The normalized spacial score (nSPS) is 14.2. The predicted octanol–water partition coefficient (Wildman–Crippen LogP) is 6.22. The number of rotatable bonds is 6. The zero-order valence-electron chi connectivity index (χ0n) is 18.3. The van der Waals surface area contributed by atoms with Crippen LogP contribution in [0.25, 0.3) is 11.4 Å². The maximum absolute atomic E-state index is 12.7. The molecule has 1 unspecified atom stereocenters. The Morgan fingerprint density at radius 2 is 1.91 bits per heavy atom. The van der Waals surface area contributed by atoms with Crippen LogP contribution in [0.3, 0.4) is 0 Å². The van der Waals surface area contributed by atoms with E-state index in [-0.39, 0.29) is 18.2 Å². The molecule has 0 saturated carbocycles. The van der Waals surface area contributed by atoms with E-state index in [1.165, 1.54) is 0 Å². The molecule has 2 aromatic carbocycles. The van der Waals surface area contributed by atoms with E-state index >= 15 is 0 Å². The highest BCUT2D eigenvalue weighted by molar-refractivity contribution is 5.97. The maximum atomic E-state index is 12.7. The summed E-state index contributed by atoms with van der Waals surface area (Å²) >= 11 is 0. The van der Waals surface area contributed by atoms with Gasteiger partial charge in [-0.3, -0.25) is 9.78 Å². The van der Waals surface area contributed by atoms with Crippen molar-refractivity contribution < 1.29 is 9.53 Å². The Morgan fingerprint density at radius 1 is 1.03 bits per heavy atom. The number of carbonyl (C=O) groups is 1. The highest BCUT2D eigenvalue weighted by Crippen LogP contribution is 2.42. The summed E-state index contributed by atoms with van der Waals surface area (Å²) in [5.74, 6) is 1.45. The Balaban J connectivity index is 1.44. The van der Waals surface area contributed by atoms with Gasteiger partial charge < -0.3 is 4.74 Å². The first-order valence-corrected chi connectivity index (χ1v) is 10.7. The number of ether oxygens (including phenoxy) is 1. The summed E-state index contributed by atoms with van der Waals surface area (Å²) < 4.78 is 6.14. The Labute approximate surface area is 191 Å². The molecule has 0 aliphatic carbocycles. The van der Waals surface area contributed by atoms with Gasteiger partial charge in [0.15, 0.2) is 17.3 Å². The van der Waals surface area contributed by atoms with Crippen LogP contribution >= 0.6 is 0 Å². The van der Waals surface area contributed by atoms with Crippen LogP contribution in [-0.2, 0) is 6.42 Å². The van der Waals surface area contributed by atoms with Crippen molar-refractivity contribution in [2.45, 2.75) is 26.3 Å². The summed E-state index contributed by atoms with van der Waals surface area (Å²) in [6.45, 7) is 3.90. The molecule has 7 heteroatoms. The second-order valence-corrected chi connectivity index (χ2v) is 7.94. The molecule has 7 nitrogen and oxygen atoms in total. The van der Waals surface area contributed by atoms with Gasteiger partial charge in [0.1, 0.15) is 17.5 Å². The van der Waals surface area contributed by atoms with Crippen molar-refractivity contribution in [1.29, 1.82) is 0 Å². The lowest BCUT2D eigenvalue weighted by molar-refractivity contribution is 0.0993. The molecular formula is C26H21N5O2. The van der Waals surface area contributed by atoms with Crippen molar-refractivity contribution in [1.82, 2.24) is 15.0 Å². The van der Waals surface area contributed by atoms with Gasteiger partial charge >= 0.3 is 0 Å². The first kappa shape index (κ1) is 20.6. The summed E-state index contributed by atoms with van der Waals surface area (Å²) in [4.78, 5) is 26.1. The van der Waals surface area contributed by atoms with Gasteiger partial charge in [-0.2, -0.15) is 10.1 Å². The van der Waals surface area contributed by atoms with Crippen molar-refractivity contribution in [2.24, 2.45) is 10.2 Å². The third-order valence-electron chi connectivity index (χ3n) is 5.34. The average molecular weight is 435 g/mol. The molecule has 1 atom stereocenters. The summed E-state index contributed by atoms with van der Waals surface area (Å²) in [6.07, 6.45) is 3.68. The van der Waals surface area contributed by atoms with Gasteiger partial charge in [0, 0.05) is 29.9 Å². The van der Waals surface area contributed by atoms with Gasteiger partial charge in [0.05, 0.1) is 0 Å². The number of hydrogen-bond donors (Lipinski definition) is 0. The molecule has 0 spiro atoms. The standard InChI is InChI=1S/C26H21N5O2/c1-16-6-3-8-19(12-16)22(32)14-18-7-4-10-21(13-18)33-26-24-23(17(2)30-31-24)28-25(29-26)20-9-5-11-27-15-20/h3-13,15,17H,14H2,1-2H3. The summed E-state index contributed by atoms with van der Waals surface area (Å²) in [6, 6.07) is 18.6. The number of ketones is 1. The molecule has 0 saturated heterocycles. The summed E-state index contributed by atoms with van der Waals surface area (Å²) in [5, 5.41) is 8.46. The van der Waals surface area contributed by atoms with Gasteiger partial charge in [-0.05, 0) is 49.7 Å². The van der Waals surface area contributed by atoms with Crippen LogP contribution in [0.4, 0.5) is 5.69 Å². The minimum absolute atomic E-state index is 0.0558. The first-order chi connectivity index (χ1) is 16.1. The van der Waals surface area contributed by atoms with Gasteiger partial charge in [0.2, 0.25) is 0 Å². The first-order valence-electron chi connectivity index (χ1n) is 10.7. The van der Waals surface area contributed by atoms with Gasteiger partial charge in [-0.15, -0.1) is 5.11 Å². The Hall–Kier alpha value is -4.26. The highest BCUT2D eigenvalue weighted by Gasteiger charge is 2.26. The smallest absolute Gasteiger partial charge is 0.251 e. The fourth-order valence-electron chi connectivity index (χ4n) is 3.67. The SMILES string of the molecule is Cc1cccc(C(=O)Cc2cccc(Oc3nc(-c4cccnc4)nc4c3N=NC4C)c2)c1. The quantitative estimate of drug-likeness (QED) is 0.335. The summed E-state index contributed by atoms with van der Waals surface area (Å²) in [7, 11) is 0. The number of azo groups is 1. The van der Waals surface area contributed by atoms with Crippen LogP contribution in [0.1, 0.15) is 40.1 Å². The molecular weight excluding hydrogens is 414 g/mol. The number of benzene rings is 2. The fraction of sp³-hybridized carbons (Fsp3) is 0.154. The van der Waals surface area contributed by atoms with E-state index < -0.39 is 0 Å². The second-order valence-electron chi connectivity index (χ2n) is 7.94. The molecule has 3 heterocycles. The second kappa shape index (κ2) is 8.70. The number of pyridine rings is 1. The molecule has 1 aliphatic rings. The maximum Gasteiger partial charge on any atom is 0.251 e. The molecule has 0 bridgehead atoms. The van der Waals surface area contributed by atoms with Crippen molar-refractivity contribution in [2.75, 3.05) is 0 Å². The third kappa shape index (κ3) is 4.39. The van der Waals surface area contributed by atoms with Crippen molar-refractivity contribution in [3.8, 4) is 23.0 Å². The van der Waals surface area contributed by atoms with Crippen LogP contribution in [0.15, 0.2) is 83.3 Å². The summed E-state index contributed by atoms with van der Waals surface area (Å²) in [5.41, 5.74) is 4.63. The minimum atomic E-state index is -0.181. The Bertz CT molecular complexity index is 1370. The van der Waals surface area contributed by atoms with E-state index in [0.29, 0.717) is 34.4 Å². The monoisotopic (exact) mass is 435 g/mol. The van der Waals surface area contributed by atoms with E-state index in [0.717, 1.165) is 16.7 Å². The lowest BCUT2D eigenvalue weighted by Crippen LogP contribution is -2.04. The molecule has 0 N–H and O–H groups in total. The van der Waals surface area contributed by atoms with Crippen LogP contribution < -0.4 is 4.74 Å². The van der Waals surface area contributed by atoms with Crippen molar-refractivity contribution in [3.63, 3.8) is 0 Å². The van der Waals surface area contributed by atoms with Crippen molar-refractivity contribution >= 4 is 11.5 Å². The number of Topliss-reactive ketones (excluding diaryl/α,β-unsaturated/α-hetero) is 1. The van der Waals surface area contributed by atoms with E-state index in [1.807, 2.05) is 74.5 Å². The number of hydrogen-bond acceptors (Lipinski definition) is 7. The molecule has 33 heavy (non-hydrogen) atoms. The minimum Gasteiger partial charge on any atom is -0.437 e. The van der Waals surface area contributed by atoms with Crippen LogP contribution in [0, 0.1) is 6.92 Å². The Kier molecular flexibility index (Phi) is 5.44. The molecule has 1 aliphatic heterocycles. The molecule has 0 radical (unpaired) electrons. The molecule has 0 fully saturated rings. The van der Waals surface area contributed by atoms with E-state index in [4.69, 9.17) is 4.74 Å². The average Bonchev–Trinajstić information content (AvgIpc) is 3.21.